The smallest absolute Gasteiger partial charge is 0.332 e. The summed E-state index contributed by atoms with van der Waals surface area (Å²) in [6.45, 7) is 4.54. The van der Waals surface area contributed by atoms with E-state index < -0.39 is 10.2 Å². The van der Waals surface area contributed by atoms with Gasteiger partial charge in [0, 0.05) is 0 Å². The van der Waals surface area contributed by atoms with Crippen molar-refractivity contribution in [1.29, 1.82) is 0 Å². The zero-order chi connectivity index (χ0) is 11.5. The van der Waals surface area contributed by atoms with Gasteiger partial charge in [-0.05, 0) is 30.2 Å². The van der Waals surface area contributed by atoms with Crippen molar-refractivity contribution in [2.45, 2.75) is 18.7 Å². The Bertz CT molecular complexity index is 409. The van der Waals surface area contributed by atoms with Gasteiger partial charge in [-0.3, -0.25) is 0 Å². The molecule has 0 saturated carbocycles. The summed E-state index contributed by atoms with van der Waals surface area (Å²) in [4.78, 5) is -0.348. The Morgan fingerprint density at radius 2 is 1.80 bits per heavy atom. The van der Waals surface area contributed by atoms with Crippen LogP contribution < -0.4 is 4.74 Å². The number of rotatable bonds is 4. The van der Waals surface area contributed by atoms with Crippen LogP contribution in [0.3, 0.4) is 0 Å². The lowest BCUT2D eigenvalue weighted by Gasteiger charge is -2.08. The number of halogens is 1. The van der Waals surface area contributed by atoms with Crippen molar-refractivity contribution in [2.24, 2.45) is 5.92 Å². The summed E-state index contributed by atoms with van der Waals surface area (Å²) >= 11 is 0. The van der Waals surface area contributed by atoms with Crippen LogP contribution in [0.2, 0.25) is 0 Å². The molecule has 0 N–H and O–H groups in total. The summed E-state index contributed by atoms with van der Waals surface area (Å²) in [6.07, 6.45) is 0. The summed E-state index contributed by atoms with van der Waals surface area (Å²) in [7, 11) is -4.61. The molecule has 0 amide bonds. The zero-order valence-electron chi connectivity index (χ0n) is 8.60. The molecule has 84 valence electrons. The molecule has 0 aliphatic carbocycles. The molecule has 0 spiro atoms. The van der Waals surface area contributed by atoms with Crippen molar-refractivity contribution in [1.82, 2.24) is 0 Å². The molecule has 0 radical (unpaired) electrons. The van der Waals surface area contributed by atoms with Crippen molar-refractivity contribution in [3.63, 3.8) is 0 Å². The van der Waals surface area contributed by atoms with Crippen LogP contribution in [-0.4, -0.2) is 15.0 Å². The maximum absolute atomic E-state index is 12.5. The van der Waals surface area contributed by atoms with E-state index in [1.54, 1.807) is 0 Å². The van der Waals surface area contributed by atoms with Crippen LogP contribution in [0.25, 0.3) is 0 Å². The molecule has 1 aromatic carbocycles. The second-order valence-electron chi connectivity index (χ2n) is 3.61. The lowest BCUT2D eigenvalue weighted by atomic mass is 10.2. The Labute approximate surface area is 89.1 Å². The van der Waals surface area contributed by atoms with Crippen LogP contribution in [0.15, 0.2) is 29.2 Å². The van der Waals surface area contributed by atoms with E-state index in [4.69, 9.17) is 4.74 Å². The van der Waals surface area contributed by atoms with Crippen molar-refractivity contribution in [2.75, 3.05) is 6.61 Å². The van der Waals surface area contributed by atoms with Gasteiger partial charge in [0.15, 0.2) is 0 Å². The van der Waals surface area contributed by atoms with Gasteiger partial charge < -0.3 is 4.74 Å². The van der Waals surface area contributed by atoms with E-state index in [0.29, 0.717) is 18.3 Å². The maximum atomic E-state index is 12.5. The first kappa shape index (κ1) is 12.0. The highest BCUT2D eigenvalue weighted by Gasteiger charge is 2.10. The largest absolute Gasteiger partial charge is 0.493 e. The fourth-order valence-corrected chi connectivity index (χ4v) is 1.42. The molecule has 1 aromatic rings. The van der Waals surface area contributed by atoms with Crippen molar-refractivity contribution in [3.8, 4) is 5.75 Å². The van der Waals surface area contributed by atoms with Gasteiger partial charge in [-0.1, -0.05) is 13.8 Å². The molecule has 0 atom stereocenters. The first-order chi connectivity index (χ1) is 6.89. The summed E-state index contributed by atoms with van der Waals surface area (Å²) in [5.41, 5.74) is 0. The summed E-state index contributed by atoms with van der Waals surface area (Å²) in [6, 6.07) is 5.25. The topological polar surface area (TPSA) is 43.4 Å². The van der Waals surface area contributed by atoms with Gasteiger partial charge in [0.1, 0.15) is 5.75 Å². The van der Waals surface area contributed by atoms with E-state index in [2.05, 4.69) is 0 Å². The molecule has 0 aromatic heterocycles. The third-order valence-electron chi connectivity index (χ3n) is 1.69. The third-order valence-corrected chi connectivity index (χ3v) is 2.52. The number of ether oxygens (including phenoxy) is 1. The lowest BCUT2D eigenvalue weighted by Crippen LogP contribution is -2.04. The highest BCUT2D eigenvalue weighted by atomic mass is 32.3. The summed E-state index contributed by atoms with van der Waals surface area (Å²) in [5.74, 6) is 0.922. The van der Waals surface area contributed by atoms with Crippen LogP contribution in [0, 0.1) is 5.92 Å². The molecule has 0 aliphatic rings. The Kier molecular flexibility index (Phi) is 3.68. The molecular formula is C10H13FO3S. The van der Waals surface area contributed by atoms with E-state index in [1.165, 1.54) is 24.3 Å². The van der Waals surface area contributed by atoms with E-state index in [-0.39, 0.29) is 4.90 Å². The van der Waals surface area contributed by atoms with Gasteiger partial charge in [-0.25, -0.2) is 0 Å². The third kappa shape index (κ3) is 3.87. The molecule has 0 aliphatic heterocycles. The first-order valence-electron chi connectivity index (χ1n) is 4.57. The molecule has 0 fully saturated rings. The van der Waals surface area contributed by atoms with Crippen molar-refractivity contribution in [3.05, 3.63) is 24.3 Å². The van der Waals surface area contributed by atoms with Gasteiger partial charge in [0.05, 0.1) is 11.5 Å². The highest BCUT2D eigenvalue weighted by molar-refractivity contribution is 7.86. The van der Waals surface area contributed by atoms with Gasteiger partial charge in [-0.15, -0.1) is 3.89 Å². The van der Waals surface area contributed by atoms with E-state index >= 15 is 0 Å². The fraction of sp³-hybridized carbons (Fsp3) is 0.400. The maximum Gasteiger partial charge on any atom is 0.332 e. The second kappa shape index (κ2) is 4.61. The van der Waals surface area contributed by atoms with Crippen LogP contribution in [0.1, 0.15) is 13.8 Å². The predicted molar refractivity (Wildman–Crippen MR) is 55.1 cm³/mol. The second-order valence-corrected chi connectivity index (χ2v) is 4.96. The van der Waals surface area contributed by atoms with Crippen LogP contribution in [0.5, 0.6) is 5.75 Å². The van der Waals surface area contributed by atoms with Gasteiger partial charge >= 0.3 is 10.2 Å². The molecule has 0 heterocycles. The minimum atomic E-state index is -4.61. The van der Waals surface area contributed by atoms with E-state index in [1.807, 2.05) is 13.8 Å². The molecule has 1 rings (SSSR count). The Balaban J connectivity index is 2.73. The monoisotopic (exact) mass is 232 g/mol. The zero-order valence-corrected chi connectivity index (χ0v) is 9.42. The normalized spacial score (nSPS) is 11.7. The Morgan fingerprint density at radius 3 is 2.20 bits per heavy atom. The standard InChI is InChI=1S/C10H13FO3S/c1-8(2)7-14-9-3-5-10(6-4-9)15(11,12)13/h3-6,8H,7H2,1-2H3. The Morgan fingerprint density at radius 1 is 1.27 bits per heavy atom. The van der Waals surface area contributed by atoms with E-state index in [0.717, 1.165) is 0 Å². The summed E-state index contributed by atoms with van der Waals surface area (Å²) < 4.78 is 38.8. The molecular weight excluding hydrogens is 219 g/mol. The molecule has 0 unspecified atom stereocenters. The number of hydrogen-bond acceptors (Lipinski definition) is 3. The molecule has 0 bridgehead atoms. The average Bonchev–Trinajstić information content (AvgIpc) is 2.14. The van der Waals surface area contributed by atoms with Gasteiger partial charge in [-0.2, -0.15) is 8.42 Å². The van der Waals surface area contributed by atoms with Gasteiger partial charge in [0.2, 0.25) is 0 Å². The number of hydrogen-bond donors (Lipinski definition) is 0. The predicted octanol–water partition coefficient (Wildman–Crippen LogP) is 2.38. The van der Waals surface area contributed by atoms with E-state index in [9.17, 15) is 12.3 Å². The minimum Gasteiger partial charge on any atom is -0.493 e. The quantitative estimate of drug-likeness (QED) is 0.748. The van der Waals surface area contributed by atoms with Crippen LogP contribution in [0.4, 0.5) is 3.89 Å². The highest BCUT2D eigenvalue weighted by Crippen LogP contribution is 2.17. The minimum absolute atomic E-state index is 0.348. The van der Waals surface area contributed by atoms with Crippen molar-refractivity contribution < 1.29 is 17.0 Å². The number of benzene rings is 1. The Hall–Kier alpha value is -1.10. The van der Waals surface area contributed by atoms with Crippen LogP contribution in [-0.2, 0) is 10.2 Å². The fourth-order valence-electron chi connectivity index (χ4n) is 0.961. The average molecular weight is 232 g/mol. The lowest BCUT2D eigenvalue weighted by molar-refractivity contribution is 0.271. The summed E-state index contributed by atoms with van der Waals surface area (Å²) in [5, 5.41) is 0. The van der Waals surface area contributed by atoms with Crippen molar-refractivity contribution >= 4 is 10.2 Å². The van der Waals surface area contributed by atoms with Crippen LogP contribution >= 0.6 is 0 Å². The SMILES string of the molecule is CC(C)COc1ccc(S(=O)(=O)F)cc1. The molecule has 15 heavy (non-hydrogen) atoms. The van der Waals surface area contributed by atoms with Gasteiger partial charge in [0.25, 0.3) is 0 Å². The molecule has 0 saturated heterocycles. The first-order valence-corrected chi connectivity index (χ1v) is 5.95. The molecule has 3 nitrogen and oxygen atoms in total. The molecule has 5 heteroatoms.